The van der Waals surface area contributed by atoms with Crippen LogP contribution in [0.1, 0.15) is 55.5 Å². The fourth-order valence-corrected chi connectivity index (χ4v) is 5.37. The van der Waals surface area contributed by atoms with Gasteiger partial charge in [-0.2, -0.15) is 0 Å². The summed E-state index contributed by atoms with van der Waals surface area (Å²) in [5.74, 6) is 2.38. The topological polar surface area (TPSA) is 82.2 Å². The minimum absolute atomic E-state index is 0.0363. The molecule has 2 aliphatic heterocycles. The maximum Gasteiger partial charge on any atom is 0.189 e. The number of aliphatic hydroxyl groups is 1. The first kappa shape index (κ1) is 32.1. The highest BCUT2D eigenvalue weighted by Gasteiger charge is 2.26. The van der Waals surface area contributed by atoms with Crippen LogP contribution in [0.15, 0.2) is 97.1 Å². The Bertz CT molecular complexity index is 1420. The van der Waals surface area contributed by atoms with Gasteiger partial charge in [0.2, 0.25) is 0 Å². The number of rotatable bonds is 16. The summed E-state index contributed by atoms with van der Waals surface area (Å²) in [6, 6.07) is 32.8. The number of epoxide rings is 2. The van der Waals surface area contributed by atoms with Crippen LogP contribution >= 0.6 is 0 Å². The van der Waals surface area contributed by atoms with E-state index < -0.39 is 6.29 Å². The molecule has 242 valence electrons. The molecule has 7 heteroatoms. The Morgan fingerprint density at radius 3 is 1.30 bits per heavy atom. The highest BCUT2D eigenvalue weighted by atomic mass is 16.6. The molecule has 4 aromatic carbocycles. The molecule has 2 fully saturated rings. The molecule has 0 saturated carbocycles. The molecule has 7 nitrogen and oxygen atoms in total. The van der Waals surface area contributed by atoms with Gasteiger partial charge in [0.15, 0.2) is 6.29 Å². The van der Waals surface area contributed by atoms with Gasteiger partial charge in [0.05, 0.1) is 19.8 Å². The van der Waals surface area contributed by atoms with Crippen LogP contribution in [-0.2, 0) is 31.6 Å². The second-order valence-corrected chi connectivity index (χ2v) is 13.1. The Hall–Kier alpha value is -3.88. The zero-order valence-corrected chi connectivity index (χ0v) is 27.1. The smallest absolute Gasteiger partial charge is 0.189 e. The first-order chi connectivity index (χ1) is 22.2. The minimum Gasteiger partial charge on any atom is -0.491 e. The van der Waals surface area contributed by atoms with Crippen LogP contribution in [0.4, 0.5) is 0 Å². The van der Waals surface area contributed by atoms with Gasteiger partial charge in [0, 0.05) is 10.8 Å². The monoisotopic (exact) mass is 624 g/mol. The fraction of sp³-hybridized carbons (Fsp3) is 0.385. The summed E-state index contributed by atoms with van der Waals surface area (Å²) in [6.07, 6.45) is -0.566. The second kappa shape index (κ2) is 13.9. The van der Waals surface area contributed by atoms with Crippen LogP contribution in [0.5, 0.6) is 17.2 Å². The molecular weight excluding hydrogens is 580 g/mol. The lowest BCUT2D eigenvalue weighted by Gasteiger charge is -2.26. The molecule has 2 heterocycles. The molecule has 4 aromatic rings. The van der Waals surface area contributed by atoms with E-state index in [1.165, 1.54) is 16.7 Å². The fourth-order valence-electron chi connectivity index (χ4n) is 5.37. The van der Waals surface area contributed by atoms with Gasteiger partial charge in [-0.05, 0) is 64.2 Å². The van der Waals surface area contributed by atoms with Crippen molar-refractivity contribution in [1.82, 2.24) is 0 Å². The van der Waals surface area contributed by atoms with Gasteiger partial charge in [0.1, 0.15) is 49.3 Å². The largest absolute Gasteiger partial charge is 0.491 e. The first-order valence-corrected chi connectivity index (χ1v) is 16.0. The van der Waals surface area contributed by atoms with Crippen molar-refractivity contribution in [2.24, 2.45) is 0 Å². The molecule has 46 heavy (non-hydrogen) atoms. The highest BCUT2D eigenvalue weighted by Crippen LogP contribution is 2.34. The molecule has 1 N–H and O–H groups in total. The predicted molar refractivity (Wildman–Crippen MR) is 177 cm³/mol. The van der Waals surface area contributed by atoms with Gasteiger partial charge in [-0.3, -0.25) is 0 Å². The van der Waals surface area contributed by atoms with E-state index >= 15 is 0 Å². The lowest BCUT2D eigenvalue weighted by atomic mass is 9.78. The average Bonchev–Trinajstić information content (AvgIpc) is 4.01. The summed E-state index contributed by atoms with van der Waals surface area (Å²) in [7, 11) is 0. The molecule has 0 aromatic heterocycles. The molecule has 0 spiro atoms. The van der Waals surface area contributed by atoms with E-state index in [9.17, 15) is 5.11 Å². The predicted octanol–water partition coefficient (Wildman–Crippen LogP) is 6.81. The number of ether oxygens (including phenoxy) is 6. The van der Waals surface area contributed by atoms with Crippen molar-refractivity contribution in [3.63, 3.8) is 0 Å². The van der Waals surface area contributed by atoms with Gasteiger partial charge < -0.3 is 33.5 Å². The molecule has 0 radical (unpaired) electrons. The number of hydrogen-bond acceptors (Lipinski definition) is 7. The van der Waals surface area contributed by atoms with Crippen molar-refractivity contribution < 1.29 is 33.5 Å². The van der Waals surface area contributed by atoms with Crippen molar-refractivity contribution in [3.8, 4) is 17.2 Å². The zero-order valence-electron chi connectivity index (χ0n) is 27.1. The van der Waals surface area contributed by atoms with Gasteiger partial charge >= 0.3 is 0 Å². The highest BCUT2D eigenvalue weighted by molar-refractivity contribution is 5.43. The summed E-state index contributed by atoms with van der Waals surface area (Å²) in [5.41, 5.74) is 5.35. The summed E-state index contributed by atoms with van der Waals surface area (Å²) in [6.45, 7) is 11.9. The Morgan fingerprint density at radius 2 is 0.935 bits per heavy atom. The SMILES string of the molecule is CC(C)(c1ccc(COC(O)COc2ccc(C(C)(C)c3ccc(OCC4CO4)cc3)cc2)cc1)c1ccc(OCC2CO2)cc1. The molecular formula is C39H44O7. The van der Waals surface area contributed by atoms with E-state index in [1.54, 1.807) is 0 Å². The Morgan fingerprint density at radius 1 is 0.587 bits per heavy atom. The molecule has 0 amide bonds. The van der Waals surface area contributed by atoms with E-state index in [1.807, 2.05) is 48.5 Å². The summed E-state index contributed by atoms with van der Waals surface area (Å²) < 4.78 is 33.5. The zero-order chi connectivity index (χ0) is 32.1. The van der Waals surface area contributed by atoms with E-state index in [-0.39, 0.29) is 36.3 Å². The van der Waals surface area contributed by atoms with Crippen LogP contribution in [0.25, 0.3) is 0 Å². The summed E-state index contributed by atoms with van der Waals surface area (Å²) >= 11 is 0. The normalized spacial score (nSPS) is 18.1. The third-order valence-corrected chi connectivity index (χ3v) is 8.92. The minimum atomic E-state index is -1.05. The van der Waals surface area contributed by atoms with Gasteiger partial charge in [-0.15, -0.1) is 0 Å². The van der Waals surface area contributed by atoms with Gasteiger partial charge in [-0.25, -0.2) is 0 Å². The van der Waals surface area contributed by atoms with Crippen LogP contribution in [0, 0.1) is 0 Å². The molecule has 2 aliphatic rings. The van der Waals surface area contributed by atoms with Crippen LogP contribution < -0.4 is 14.2 Å². The van der Waals surface area contributed by atoms with Gasteiger partial charge in [-0.1, -0.05) is 88.4 Å². The summed E-state index contributed by atoms with van der Waals surface area (Å²) in [4.78, 5) is 0. The lowest BCUT2D eigenvalue weighted by Crippen LogP contribution is -2.21. The quantitative estimate of drug-likeness (QED) is 0.108. The van der Waals surface area contributed by atoms with Crippen molar-refractivity contribution in [2.75, 3.05) is 33.0 Å². The molecule has 0 aliphatic carbocycles. The maximum atomic E-state index is 10.4. The van der Waals surface area contributed by atoms with E-state index in [4.69, 9.17) is 28.4 Å². The van der Waals surface area contributed by atoms with Crippen LogP contribution in [-0.4, -0.2) is 56.6 Å². The third-order valence-electron chi connectivity index (χ3n) is 8.92. The standard InChI is InChI=1S/C39H44O7/c1-38(2,29-9-15-32(16-10-29)41-22-35-24-43-35)28-7-5-27(6-8-28)21-46-37(40)26-45-34-19-13-31(14-20-34)39(3,4)30-11-17-33(18-12-30)42-23-36-25-44-36/h5-20,35-37,40H,21-26H2,1-4H3. The number of hydrogen-bond donors (Lipinski definition) is 1. The molecule has 6 rings (SSSR count). The maximum absolute atomic E-state index is 10.4. The number of aliphatic hydroxyl groups excluding tert-OH is 1. The molecule has 3 atom stereocenters. The third kappa shape index (κ3) is 8.28. The Labute approximate surface area is 272 Å². The lowest BCUT2D eigenvalue weighted by molar-refractivity contribution is -0.127. The first-order valence-electron chi connectivity index (χ1n) is 16.0. The summed E-state index contributed by atoms with van der Waals surface area (Å²) in [5, 5.41) is 10.4. The average molecular weight is 625 g/mol. The number of benzene rings is 4. The molecule has 0 bridgehead atoms. The second-order valence-electron chi connectivity index (χ2n) is 13.1. The van der Waals surface area contributed by atoms with Crippen LogP contribution in [0.3, 0.4) is 0 Å². The van der Waals surface area contributed by atoms with Crippen molar-refractivity contribution in [2.45, 2.75) is 63.6 Å². The Kier molecular flexibility index (Phi) is 9.66. The van der Waals surface area contributed by atoms with Crippen LogP contribution in [0.2, 0.25) is 0 Å². The van der Waals surface area contributed by atoms with E-state index in [2.05, 4.69) is 76.2 Å². The van der Waals surface area contributed by atoms with E-state index in [0.717, 1.165) is 35.8 Å². The van der Waals surface area contributed by atoms with E-state index in [0.29, 0.717) is 19.0 Å². The van der Waals surface area contributed by atoms with Gasteiger partial charge in [0.25, 0.3) is 0 Å². The molecule has 2 saturated heterocycles. The Balaban J connectivity index is 0.952. The van der Waals surface area contributed by atoms with Crippen molar-refractivity contribution >= 4 is 0 Å². The van der Waals surface area contributed by atoms with Crippen molar-refractivity contribution in [3.05, 3.63) is 125 Å². The van der Waals surface area contributed by atoms with Crippen molar-refractivity contribution in [1.29, 1.82) is 0 Å². The molecule has 3 unspecified atom stereocenters.